The van der Waals surface area contributed by atoms with Crippen LogP contribution in [-0.2, 0) is 16.7 Å². The predicted octanol–water partition coefficient (Wildman–Crippen LogP) is 5.88. The fourth-order valence-corrected chi connectivity index (χ4v) is 3.00. The van der Waals surface area contributed by atoms with E-state index in [2.05, 4.69) is 5.32 Å². The summed E-state index contributed by atoms with van der Waals surface area (Å²) < 4.78 is 38.3. The molecule has 0 fully saturated rings. The van der Waals surface area contributed by atoms with Crippen molar-refractivity contribution in [2.45, 2.75) is 11.9 Å². The number of nitrogens with one attached hydrogen (secondary N) is 1. The molecule has 0 aromatic heterocycles. The van der Waals surface area contributed by atoms with Gasteiger partial charge in [-0.25, -0.2) is 0 Å². The largest absolute Gasteiger partial charge is 0.417 e. The number of hydrogen-bond acceptors (Lipinski definition) is 2. The molecule has 1 N–H and O–H groups in total. The Labute approximate surface area is 151 Å². The smallest absolute Gasteiger partial charge is 0.325 e. The summed E-state index contributed by atoms with van der Waals surface area (Å²) in [5, 5.41) is 2.66. The predicted molar refractivity (Wildman–Crippen MR) is 92.7 cm³/mol. The van der Waals surface area contributed by atoms with Crippen LogP contribution in [0, 0.1) is 0 Å². The van der Waals surface area contributed by atoms with E-state index in [0.29, 0.717) is 10.8 Å². The first kappa shape index (κ1) is 19.0. The third kappa shape index (κ3) is 5.61. The number of hydrogen-bond donors (Lipinski definition) is 1. The Morgan fingerprint density at radius 2 is 1.75 bits per heavy atom. The molecule has 0 unspecified atom stereocenters. The summed E-state index contributed by atoms with van der Waals surface area (Å²) in [5.74, 6) is 0.329. The highest BCUT2D eigenvalue weighted by Crippen LogP contribution is 2.36. The molecule has 0 bridgehead atoms. The molecule has 0 atom stereocenters. The van der Waals surface area contributed by atoms with E-state index >= 15 is 0 Å². The number of alkyl halides is 3. The summed E-state index contributed by atoms with van der Waals surface area (Å²) in [7, 11) is 0. The minimum atomic E-state index is -4.57. The topological polar surface area (TPSA) is 29.1 Å². The van der Waals surface area contributed by atoms with E-state index in [1.165, 1.54) is 17.8 Å². The van der Waals surface area contributed by atoms with E-state index in [4.69, 9.17) is 23.2 Å². The van der Waals surface area contributed by atoms with Crippen molar-refractivity contribution in [1.82, 2.24) is 0 Å². The van der Waals surface area contributed by atoms with E-state index in [-0.39, 0.29) is 17.3 Å². The molecule has 0 aliphatic rings. The Morgan fingerprint density at radius 1 is 1.08 bits per heavy atom. The molecule has 128 valence electrons. The molecule has 1 amide bonds. The highest BCUT2D eigenvalue weighted by molar-refractivity contribution is 7.99. The highest BCUT2D eigenvalue weighted by atomic mass is 35.5. The van der Waals surface area contributed by atoms with Gasteiger partial charge in [0.2, 0.25) is 5.91 Å². The number of carbonyl (C=O) groups is 1. The first-order valence-electron chi connectivity index (χ1n) is 6.74. The van der Waals surface area contributed by atoms with Crippen molar-refractivity contribution < 1.29 is 18.0 Å². The third-order valence-corrected chi connectivity index (χ3v) is 4.56. The molecule has 24 heavy (non-hydrogen) atoms. The molecule has 2 nitrogen and oxygen atoms in total. The molecule has 8 heteroatoms. The zero-order chi connectivity index (χ0) is 17.7. The van der Waals surface area contributed by atoms with Crippen LogP contribution < -0.4 is 5.32 Å². The average molecular weight is 394 g/mol. The zero-order valence-corrected chi connectivity index (χ0v) is 14.5. The Bertz CT molecular complexity index is 720. The van der Waals surface area contributed by atoms with Gasteiger partial charge < -0.3 is 5.32 Å². The summed E-state index contributed by atoms with van der Waals surface area (Å²) in [6.45, 7) is 0. The van der Waals surface area contributed by atoms with Gasteiger partial charge in [-0.2, -0.15) is 13.2 Å². The van der Waals surface area contributed by atoms with Gasteiger partial charge in [0.25, 0.3) is 0 Å². The minimum absolute atomic E-state index is 0.0591. The third-order valence-electron chi connectivity index (χ3n) is 2.97. The van der Waals surface area contributed by atoms with Gasteiger partial charge in [0.15, 0.2) is 0 Å². The van der Waals surface area contributed by atoms with E-state index in [9.17, 15) is 18.0 Å². The maximum Gasteiger partial charge on any atom is 0.417 e. The van der Waals surface area contributed by atoms with Crippen LogP contribution in [0.2, 0.25) is 10.0 Å². The summed E-state index contributed by atoms with van der Waals surface area (Å²) in [6, 6.07) is 10.5. The second-order valence-electron chi connectivity index (χ2n) is 4.86. The summed E-state index contributed by atoms with van der Waals surface area (Å²) >= 11 is 12.7. The molecule has 0 aliphatic heterocycles. The monoisotopic (exact) mass is 393 g/mol. The van der Waals surface area contributed by atoms with Crippen molar-refractivity contribution in [3.63, 3.8) is 0 Å². The van der Waals surface area contributed by atoms with Crippen molar-refractivity contribution in [2.75, 3.05) is 11.1 Å². The van der Waals surface area contributed by atoms with Crippen LogP contribution >= 0.6 is 35.0 Å². The van der Waals surface area contributed by atoms with Gasteiger partial charge in [0.1, 0.15) is 0 Å². The van der Waals surface area contributed by atoms with Crippen molar-refractivity contribution in [1.29, 1.82) is 0 Å². The standard InChI is InChI=1S/C16H12Cl2F3NOS/c17-11-3-1-10(2-4-11)8-24-9-15(23)22-12-5-6-14(18)13(7-12)16(19,20)21/h1-7H,8-9H2,(H,22,23). The van der Waals surface area contributed by atoms with Gasteiger partial charge >= 0.3 is 6.18 Å². The first-order chi connectivity index (χ1) is 11.3. The number of rotatable bonds is 5. The molecule has 0 heterocycles. The van der Waals surface area contributed by atoms with Crippen molar-refractivity contribution in [3.05, 3.63) is 63.6 Å². The lowest BCUT2D eigenvalue weighted by molar-refractivity contribution is -0.137. The van der Waals surface area contributed by atoms with E-state index in [0.717, 1.165) is 17.7 Å². The fraction of sp³-hybridized carbons (Fsp3) is 0.188. The molecular formula is C16H12Cl2F3NOS. The van der Waals surface area contributed by atoms with Gasteiger partial charge in [0.05, 0.1) is 16.3 Å². The van der Waals surface area contributed by atoms with Gasteiger partial charge in [-0.1, -0.05) is 35.3 Å². The number of amides is 1. The molecule has 2 rings (SSSR count). The van der Waals surface area contributed by atoms with Gasteiger partial charge in [-0.05, 0) is 35.9 Å². The number of benzene rings is 2. The second-order valence-corrected chi connectivity index (χ2v) is 6.69. The van der Waals surface area contributed by atoms with Gasteiger partial charge in [-0.15, -0.1) is 11.8 Å². The molecular weight excluding hydrogens is 382 g/mol. The number of carbonyl (C=O) groups excluding carboxylic acids is 1. The average Bonchev–Trinajstić information content (AvgIpc) is 2.50. The van der Waals surface area contributed by atoms with E-state index < -0.39 is 16.8 Å². The van der Waals surface area contributed by atoms with Gasteiger partial charge in [0, 0.05) is 16.5 Å². The van der Waals surface area contributed by atoms with Crippen molar-refractivity contribution >= 4 is 46.6 Å². The maximum atomic E-state index is 12.8. The van der Waals surface area contributed by atoms with E-state index in [1.807, 2.05) is 12.1 Å². The summed E-state index contributed by atoms with van der Waals surface area (Å²) in [4.78, 5) is 11.8. The van der Waals surface area contributed by atoms with Gasteiger partial charge in [-0.3, -0.25) is 4.79 Å². The van der Waals surface area contributed by atoms with E-state index in [1.54, 1.807) is 12.1 Å². The van der Waals surface area contributed by atoms with Crippen LogP contribution in [0.1, 0.15) is 11.1 Å². The molecule has 0 spiro atoms. The van der Waals surface area contributed by atoms with Crippen LogP contribution in [0.15, 0.2) is 42.5 Å². The van der Waals surface area contributed by atoms with Crippen LogP contribution in [0.4, 0.5) is 18.9 Å². The normalized spacial score (nSPS) is 11.4. The van der Waals surface area contributed by atoms with Crippen LogP contribution in [0.3, 0.4) is 0 Å². The molecule has 2 aromatic rings. The second kappa shape index (κ2) is 8.14. The summed E-state index contributed by atoms with van der Waals surface area (Å²) in [6.07, 6.45) is -4.57. The molecule has 0 aliphatic carbocycles. The lowest BCUT2D eigenvalue weighted by Crippen LogP contribution is -2.15. The Hall–Kier alpha value is -1.37. The lowest BCUT2D eigenvalue weighted by atomic mass is 10.2. The number of halogens is 5. The molecule has 0 saturated carbocycles. The van der Waals surface area contributed by atoms with Crippen LogP contribution in [0.5, 0.6) is 0 Å². The summed E-state index contributed by atoms with van der Waals surface area (Å²) in [5.41, 5.74) is 0.0858. The Balaban J connectivity index is 1.89. The Kier molecular flexibility index (Phi) is 6.43. The first-order valence-corrected chi connectivity index (χ1v) is 8.65. The zero-order valence-electron chi connectivity index (χ0n) is 12.2. The van der Waals surface area contributed by atoms with Crippen LogP contribution in [-0.4, -0.2) is 11.7 Å². The number of anilines is 1. The van der Waals surface area contributed by atoms with Crippen molar-refractivity contribution in [2.24, 2.45) is 0 Å². The molecule has 2 aromatic carbocycles. The fourth-order valence-electron chi connectivity index (χ4n) is 1.86. The molecule has 0 saturated heterocycles. The number of thioether (sulfide) groups is 1. The lowest BCUT2D eigenvalue weighted by Gasteiger charge is -2.11. The quantitative estimate of drug-likeness (QED) is 0.686. The highest BCUT2D eigenvalue weighted by Gasteiger charge is 2.33. The SMILES string of the molecule is O=C(CSCc1ccc(Cl)cc1)Nc1ccc(Cl)c(C(F)(F)F)c1. The van der Waals surface area contributed by atoms with Crippen molar-refractivity contribution in [3.8, 4) is 0 Å². The maximum absolute atomic E-state index is 12.8. The molecule has 0 radical (unpaired) electrons. The Morgan fingerprint density at radius 3 is 2.38 bits per heavy atom. The minimum Gasteiger partial charge on any atom is -0.325 e. The van der Waals surface area contributed by atoms with Crippen LogP contribution in [0.25, 0.3) is 0 Å².